The summed E-state index contributed by atoms with van der Waals surface area (Å²) in [7, 11) is 0. The Morgan fingerprint density at radius 1 is 1.36 bits per heavy atom. The molecule has 0 bridgehead atoms. The Labute approximate surface area is 129 Å². The number of nitrogens with zero attached hydrogens (tertiary/aromatic N) is 1. The van der Waals surface area contributed by atoms with Gasteiger partial charge >= 0.3 is 0 Å². The number of aliphatic hydroxyl groups is 3. The van der Waals surface area contributed by atoms with Crippen LogP contribution in [0.15, 0.2) is 11.8 Å². The lowest BCUT2D eigenvalue weighted by atomic mass is 9.88. The lowest BCUT2D eigenvalue weighted by Gasteiger charge is -2.41. The maximum atomic E-state index is 12.6. The van der Waals surface area contributed by atoms with E-state index in [1.807, 2.05) is 6.92 Å². The zero-order valence-corrected chi connectivity index (χ0v) is 13.0. The van der Waals surface area contributed by atoms with E-state index in [1.165, 1.54) is 18.0 Å². The van der Waals surface area contributed by atoms with Gasteiger partial charge in [0.2, 0.25) is 5.91 Å². The molecule has 0 aromatic rings. The van der Waals surface area contributed by atoms with E-state index in [-0.39, 0.29) is 5.78 Å². The Bertz CT molecular complexity index is 504. The van der Waals surface area contributed by atoms with Crippen LogP contribution in [0.4, 0.5) is 0 Å². The van der Waals surface area contributed by atoms with Crippen molar-refractivity contribution in [3.8, 4) is 0 Å². The van der Waals surface area contributed by atoms with Gasteiger partial charge in [-0.2, -0.15) is 0 Å². The number of rotatable bonds is 4. The van der Waals surface area contributed by atoms with Gasteiger partial charge in [0.25, 0.3) is 0 Å². The molecular weight excluding hydrogens is 290 g/mol. The van der Waals surface area contributed by atoms with E-state index < -0.39 is 42.5 Å². The van der Waals surface area contributed by atoms with Crippen LogP contribution in [0.5, 0.6) is 0 Å². The zero-order valence-electron chi connectivity index (χ0n) is 13.0. The van der Waals surface area contributed by atoms with Crippen LogP contribution in [0.2, 0.25) is 0 Å². The van der Waals surface area contributed by atoms with Crippen LogP contribution in [-0.4, -0.2) is 62.6 Å². The van der Waals surface area contributed by atoms with Crippen molar-refractivity contribution in [3.63, 3.8) is 0 Å². The van der Waals surface area contributed by atoms with Crippen molar-refractivity contribution in [2.75, 3.05) is 6.61 Å². The number of carbonyl (C=O) groups excluding carboxylic acids is 2. The predicted molar refractivity (Wildman–Crippen MR) is 76.4 cm³/mol. The Morgan fingerprint density at radius 2 is 2.00 bits per heavy atom. The molecule has 7 nitrogen and oxygen atoms in total. The average Bonchev–Trinajstić information content (AvgIpc) is 2.72. The fourth-order valence-corrected chi connectivity index (χ4v) is 3.08. The average molecular weight is 313 g/mol. The number of aliphatic hydroxyl groups excluding tert-OH is 3. The molecule has 3 unspecified atom stereocenters. The van der Waals surface area contributed by atoms with Crippen molar-refractivity contribution in [1.29, 1.82) is 0 Å². The summed E-state index contributed by atoms with van der Waals surface area (Å²) >= 11 is 0. The van der Waals surface area contributed by atoms with Gasteiger partial charge in [0.1, 0.15) is 24.2 Å². The summed E-state index contributed by atoms with van der Waals surface area (Å²) in [6, 6.07) is 0. The van der Waals surface area contributed by atoms with Gasteiger partial charge in [0.15, 0.2) is 11.5 Å². The molecule has 0 spiro atoms. The van der Waals surface area contributed by atoms with E-state index in [2.05, 4.69) is 0 Å². The van der Waals surface area contributed by atoms with Crippen molar-refractivity contribution in [3.05, 3.63) is 11.8 Å². The van der Waals surface area contributed by atoms with Gasteiger partial charge in [-0.05, 0) is 20.3 Å². The highest BCUT2D eigenvalue weighted by Gasteiger charge is 2.57. The Balaban J connectivity index is 2.38. The molecule has 2 aliphatic heterocycles. The number of Topliss-reactive ketones (excluding diaryl/α,β-unsaturated/α-hetero) is 1. The van der Waals surface area contributed by atoms with Crippen LogP contribution in [-0.2, 0) is 14.3 Å². The molecule has 0 aromatic carbocycles. The summed E-state index contributed by atoms with van der Waals surface area (Å²) < 4.78 is 5.54. The fourth-order valence-electron chi connectivity index (χ4n) is 3.08. The molecule has 1 saturated heterocycles. The van der Waals surface area contributed by atoms with Crippen LogP contribution in [0.1, 0.15) is 33.6 Å². The lowest BCUT2D eigenvalue weighted by molar-refractivity contribution is -0.181. The molecule has 2 heterocycles. The molecule has 124 valence electrons. The Hall–Kier alpha value is -1.28. The first-order valence-electron chi connectivity index (χ1n) is 7.48. The third kappa shape index (κ3) is 2.48. The van der Waals surface area contributed by atoms with Crippen molar-refractivity contribution in [2.24, 2.45) is 5.92 Å². The number of carbonyl (C=O) groups is 2. The van der Waals surface area contributed by atoms with Gasteiger partial charge in [-0.3, -0.25) is 14.5 Å². The topological polar surface area (TPSA) is 107 Å². The summed E-state index contributed by atoms with van der Waals surface area (Å²) in [6.45, 7) is 4.48. The maximum absolute atomic E-state index is 12.6. The van der Waals surface area contributed by atoms with Gasteiger partial charge in [0.05, 0.1) is 6.61 Å². The number of ether oxygens (including phenoxy) is 1. The first kappa shape index (κ1) is 17.1. The highest BCUT2D eigenvalue weighted by Crippen LogP contribution is 2.38. The first-order valence-corrected chi connectivity index (χ1v) is 7.48. The van der Waals surface area contributed by atoms with E-state index in [1.54, 1.807) is 6.92 Å². The molecule has 1 amide bonds. The molecule has 0 saturated carbocycles. The first-order chi connectivity index (χ1) is 10.3. The molecule has 1 fully saturated rings. The summed E-state index contributed by atoms with van der Waals surface area (Å²) in [5.74, 6) is -1.48. The minimum Gasteiger partial charge on any atom is -0.394 e. The number of ketones is 1. The van der Waals surface area contributed by atoms with Crippen LogP contribution in [0, 0.1) is 5.92 Å². The monoisotopic (exact) mass is 313 g/mol. The molecule has 0 aromatic heterocycles. The second-order valence-corrected chi connectivity index (χ2v) is 6.05. The maximum Gasteiger partial charge on any atom is 0.239 e. The van der Waals surface area contributed by atoms with Gasteiger partial charge in [-0.1, -0.05) is 13.3 Å². The second kappa shape index (κ2) is 6.08. The van der Waals surface area contributed by atoms with Crippen molar-refractivity contribution in [2.45, 2.75) is 57.6 Å². The minimum absolute atomic E-state index is 0.224. The van der Waals surface area contributed by atoms with Crippen LogP contribution < -0.4 is 0 Å². The summed E-state index contributed by atoms with van der Waals surface area (Å²) in [5, 5.41) is 29.4. The molecule has 7 heteroatoms. The number of hydrogen-bond acceptors (Lipinski definition) is 6. The van der Waals surface area contributed by atoms with Crippen molar-refractivity contribution >= 4 is 11.7 Å². The van der Waals surface area contributed by atoms with E-state index in [0.29, 0.717) is 18.4 Å². The van der Waals surface area contributed by atoms with Crippen LogP contribution >= 0.6 is 0 Å². The molecule has 0 radical (unpaired) electrons. The number of allylic oxidation sites excluding steroid dienone is 1. The van der Waals surface area contributed by atoms with Crippen LogP contribution in [0.25, 0.3) is 0 Å². The van der Waals surface area contributed by atoms with E-state index in [4.69, 9.17) is 4.74 Å². The summed E-state index contributed by atoms with van der Waals surface area (Å²) in [6.07, 6.45) is -1.23. The lowest BCUT2D eigenvalue weighted by Crippen LogP contribution is -2.58. The molecule has 2 aliphatic rings. The highest BCUT2D eigenvalue weighted by atomic mass is 16.6. The number of hydrogen-bond donors (Lipinski definition) is 3. The van der Waals surface area contributed by atoms with E-state index >= 15 is 0 Å². The van der Waals surface area contributed by atoms with Gasteiger partial charge < -0.3 is 20.1 Å². The molecule has 5 atom stereocenters. The largest absolute Gasteiger partial charge is 0.394 e. The number of amides is 1. The van der Waals surface area contributed by atoms with E-state index in [9.17, 15) is 24.9 Å². The Kier molecular flexibility index (Phi) is 4.72. The summed E-state index contributed by atoms with van der Waals surface area (Å²) in [4.78, 5) is 26.0. The second-order valence-electron chi connectivity index (χ2n) is 6.05. The third-order valence-corrected chi connectivity index (χ3v) is 4.44. The molecule has 3 N–H and O–H groups in total. The van der Waals surface area contributed by atoms with Crippen molar-refractivity contribution < 1.29 is 29.6 Å². The van der Waals surface area contributed by atoms with Crippen molar-refractivity contribution in [1.82, 2.24) is 4.90 Å². The van der Waals surface area contributed by atoms with E-state index in [0.717, 1.165) is 0 Å². The normalized spacial score (nSPS) is 39.4. The smallest absolute Gasteiger partial charge is 0.239 e. The third-order valence-electron chi connectivity index (χ3n) is 4.44. The predicted octanol–water partition coefficient (Wildman–Crippen LogP) is -0.453. The molecule has 0 aliphatic carbocycles. The summed E-state index contributed by atoms with van der Waals surface area (Å²) in [5.41, 5.74) is -1.12. The van der Waals surface area contributed by atoms with Gasteiger partial charge in [-0.15, -0.1) is 0 Å². The minimum atomic E-state index is -1.52. The quantitative estimate of drug-likeness (QED) is 0.607. The highest BCUT2D eigenvalue weighted by molar-refractivity contribution is 6.12. The molecular formula is C15H23NO6. The van der Waals surface area contributed by atoms with Gasteiger partial charge in [-0.25, -0.2) is 0 Å². The molecule has 2 rings (SSSR count). The molecule has 22 heavy (non-hydrogen) atoms. The van der Waals surface area contributed by atoms with Crippen LogP contribution in [0.3, 0.4) is 0 Å². The standard InChI is InChI=1S/C15H23NO6/c1-4-5-9-11(18)8(2)6-16(14(9)21)15(3)13(20)12(19)10(7-17)22-15/h6,9-10,12-13,17,19-20H,4-5,7H2,1-3H3/t9?,10-,12?,13?,15-/m1/s1. The fraction of sp³-hybridized carbons (Fsp3) is 0.733. The zero-order chi connectivity index (χ0) is 16.7. The Morgan fingerprint density at radius 3 is 2.50 bits per heavy atom. The van der Waals surface area contributed by atoms with Gasteiger partial charge in [0, 0.05) is 11.8 Å². The SMILES string of the molecule is CCCC1C(=O)C(C)=CN([C@]2(C)O[C@H](CO)C(O)C2O)C1=O.